The van der Waals surface area contributed by atoms with Crippen molar-refractivity contribution in [3.05, 3.63) is 84.7 Å². The van der Waals surface area contributed by atoms with Crippen molar-refractivity contribution in [1.29, 1.82) is 0 Å². The van der Waals surface area contributed by atoms with Crippen LogP contribution in [0.2, 0.25) is 0 Å². The molecule has 0 aliphatic carbocycles. The van der Waals surface area contributed by atoms with Gasteiger partial charge in [0, 0.05) is 24.8 Å². The smallest absolute Gasteiger partial charge is 0.168 e. The maximum absolute atomic E-state index is 6.50. The summed E-state index contributed by atoms with van der Waals surface area (Å²) >= 11 is 0. The molecule has 0 radical (unpaired) electrons. The van der Waals surface area contributed by atoms with Crippen molar-refractivity contribution in [2.45, 2.75) is 12.2 Å². The molecule has 4 nitrogen and oxygen atoms in total. The molecule has 1 N–H and O–H groups in total. The highest BCUT2D eigenvalue weighted by atomic mass is 16.5. The predicted molar refractivity (Wildman–Crippen MR) is 102 cm³/mol. The first-order chi connectivity index (χ1) is 12.9. The zero-order valence-electron chi connectivity index (χ0n) is 14.5. The van der Waals surface area contributed by atoms with Crippen LogP contribution in [0.4, 0.5) is 0 Å². The Morgan fingerprint density at radius 3 is 2.54 bits per heavy atom. The molecule has 1 aromatic heterocycles. The lowest BCUT2D eigenvalue weighted by molar-refractivity contribution is -0.0445. The molecule has 1 aliphatic heterocycles. The molecule has 26 heavy (non-hydrogen) atoms. The Hall–Kier alpha value is -2.69. The van der Waals surface area contributed by atoms with Crippen molar-refractivity contribution < 1.29 is 9.47 Å². The monoisotopic (exact) mass is 346 g/mol. The number of nitrogens with zero attached hydrogens (tertiary/aromatic N) is 1. The third-order valence-electron chi connectivity index (χ3n) is 4.50. The first kappa shape index (κ1) is 16.8. The molecule has 0 saturated carbocycles. The van der Waals surface area contributed by atoms with Crippen LogP contribution in [0.3, 0.4) is 0 Å². The van der Waals surface area contributed by atoms with Gasteiger partial charge in [-0.05, 0) is 23.8 Å². The van der Waals surface area contributed by atoms with Crippen LogP contribution < -0.4 is 10.1 Å². The number of hydrogen-bond donors (Lipinski definition) is 1. The SMILES string of the molecule is c1ccc(-c2ccccc2OC(c2ccccn2)[C@@H]2CNCCO2)cc1. The molecular formula is C22H22N2O2. The molecule has 1 fully saturated rings. The quantitative estimate of drug-likeness (QED) is 0.762. The van der Waals surface area contributed by atoms with Crippen LogP contribution in [0.5, 0.6) is 5.75 Å². The van der Waals surface area contributed by atoms with Crippen molar-refractivity contribution in [2.75, 3.05) is 19.7 Å². The Bertz CT molecular complexity index is 818. The van der Waals surface area contributed by atoms with Crippen molar-refractivity contribution in [2.24, 2.45) is 0 Å². The van der Waals surface area contributed by atoms with Crippen LogP contribution >= 0.6 is 0 Å². The first-order valence-electron chi connectivity index (χ1n) is 8.96. The first-order valence-corrected chi connectivity index (χ1v) is 8.96. The number of para-hydroxylation sites is 1. The molecule has 4 rings (SSSR count). The molecular weight excluding hydrogens is 324 g/mol. The predicted octanol–water partition coefficient (Wildman–Crippen LogP) is 3.86. The summed E-state index contributed by atoms with van der Waals surface area (Å²) in [4.78, 5) is 4.52. The van der Waals surface area contributed by atoms with Gasteiger partial charge in [-0.2, -0.15) is 0 Å². The Labute approximate surface area is 153 Å². The van der Waals surface area contributed by atoms with Crippen LogP contribution in [0.1, 0.15) is 11.8 Å². The van der Waals surface area contributed by atoms with E-state index >= 15 is 0 Å². The fourth-order valence-electron chi connectivity index (χ4n) is 3.21. The second-order valence-electron chi connectivity index (χ2n) is 6.27. The van der Waals surface area contributed by atoms with Crippen molar-refractivity contribution in [3.8, 4) is 16.9 Å². The van der Waals surface area contributed by atoms with Gasteiger partial charge in [-0.25, -0.2) is 0 Å². The molecule has 1 unspecified atom stereocenters. The minimum Gasteiger partial charge on any atom is -0.481 e. The molecule has 2 heterocycles. The number of aromatic nitrogens is 1. The summed E-state index contributed by atoms with van der Waals surface area (Å²) in [7, 11) is 0. The lowest BCUT2D eigenvalue weighted by Gasteiger charge is -2.31. The molecule has 3 aromatic rings. The Morgan fingerprint density at radius 1 is 0.962 bits per heavy atom. The van der Waals surface area contributed by atoms with Crippen LogP contribution in [0.25, 0.3) is 11.1 Å². The lowest BCUT2D eigenvalue weighted by atomic mass is 10.0. The third kappa shape index (κ3) is 3.77. The van der Waals surface area contributed by atoms with E-state index in [1.807, 2.05) is 54.6 Å². The highest BCUT2D eigenvalue weighted by molar-refractivity contribution is 5.70. The molecule has 0 amide bonds. The molecule has 2 aromatic carbocycles. The highest BCUT2D eigenvalue weighted by Gasteiger charge is 2.29. The summed E-state index contributed by atoms with van der Waals surface area (Å²) in [6.45, 7) is 2.29. The summed E-state index contributed by atoms with van der Waals surface area (Å²) in [5.41, 5.74) is 3.08. The zero-order chi connectivity index (χ0) is 17.6. The van der Waals surface area contributed by atoms with E-state index in [1.165, 1.54) is 0 Å². The summed E-state index contributed by atoms with van der Waals surface area (Å²) in [6.07, 6.45) is 1.45. The fraction of sp³-hybridized carbons (Fsp3) is 0.227. The minimum absolute atomic E-state index is 0.0810. The van der Waals surface area contributed by atoms with E-state index < -0.39 is 0 Å². The summed E-state index contributed by atoms with van der Waals surface area (Å²) in [6, 6.07) is 24.3. The number of ether oxygens (including phenoxy) is 2. The normalized spacial score (nSPS) is 18.2. The number of benzene rings is 2. The molecule has 4 heteroatoms. The Morgan fingerprint density at radius 2 is 1.77 bits per heavy atom. The van der Waals surface area contributed by atoms with Gasteiger partial charge in [0.25, 0.3) is 0 Å². The van der Waals surface area contributed by atoms with Gasteiger partial charge in [0.1, 0.15) is 11.9 Å². The van der Waals surface area contributed by atoms with Crippen LogP contribution in [0.15, 0.2) is 79.0 Å². The minimum atomic E-state index is -0.270. The number of morpholine rings is 1. The van der Waals surface area contributed by atoms with Crippen molar-refractivity contribution in [3.63, 3.8) is 0 Å². The Balaban J connectivity index is 1.68. The van der Waals surface area contributed by atoms with Gasteiger partial charge in [0.15, 0.2) is 6.10 Å². The summed E-state index contributed by atoms with van der Waals surface area (Å²) in [5.74, 6) is 0.837. The average molecular weight is 346 g/mol. The topological polar surface area (TPSA) is 43.4 Å². The van der Waals surface area contributed by atoms with Gasteiger partial charge in [0.05, 0.1) is 12.3 Å². The van der Waals surface area contributed by atoms with E-state index in [0.717, 1.165) is 35.7 Å². The molecule has 132 valence electrons. The van der Waals surface area contributed by atoms with E-state index in [9.17, 15) is 0 Å². The molecule has 0 spiro atoms. The number of rotatable bonds is 5. The van der Waals surface area contributed by atoms with Gasteiger partial charge in [0.2, 0.25) is 0 Å². The molecule has 0 bridgehead atoms. The van der Waals surface area contributed by atoms with E-state index in [1.54, 1.807) is 6.20 Å². The maximum Gasteiger partial charge on any atom is 0.168 e. The van der Waals surface area contributed by atoms with E-state index in [-0.39, 0.29) is 12.2 Å². The van der Waals surface area contributed by atoms with Gasteiger partial charge >= 0.3 is 0 Å². The standard InChI is InChI=1S/C22H22N2O2/c1-2-8-17(9-3-1)18-10-4-5-12-20(18)26-22(19-11-6-7-13-24-19)21-16-23-14-15-25-21/h1-13,21-23H,14-16H2/t21-,22?/m0/s1. The fourth-order valence-corrected chi connectivity index (χ4v) is 3.21. The van der Waals surface area contributed by atoms with E-state index in [4.69, 9.17) is 9.47 Å². The van der Waals surface area contributed by atoms with Gasteiger partial charge in [-0.3, -0.25) is 4.98 Å². The van der Waals surface area contributed by atoms with Crippen molar-refractivity contribution >= 4 is 0 Å². The van der Waals surface area contributed by atoms with Gasteiger partial charge in [-0.15, -0.1) is 0 Å². The molecule has 1 saturated heterocycles. The summed E-state index contributed by atoms with van der Waals surface area (Å²) in [5, 5.41) is 3.38. The second kappa shape index (κ2) is 8.13. The van der Waals surface area contributed by atoms with Gasteiger partial charge in [-0.1, -0.05) is 54.6 Å². The number of nitrogens with one attached hydrogen (secondary N) is 1. The maximum atomic E-state index is 6.50. The zero-order valence-corrected chi connectivity index (χ0v) is 14.5. The molecule has 1 aliphatic rings. The van der Waals surface area contributed by atoms with Gasteiger partial charge < -0.3 is 14.8 Å². The summed E-state index contributed by atoms with van der Waals surface area (Å²) < 4.78 is 12.5. The van der Waals surface area contributed by atoms with Crippen LogP contribution in [-0.2, 0) is 4.74 Å². The van der Waals surface area contributed by atoms with E-state index in [2.05, 4.69) is 28.5 Å². The Kier molecular flexibility index (Phi) is 5.24. The average Bonchev–Trinajstić information content (AvgIpc) is 2.74. The highest BCUT2D eigenvalue weighted by Crippen LogP contribution is 2.34. The molecule has 2 atom stereocenters. The van der Waals surface area contributed by atoms with Crippen LogP contribution in [-0.4, -0.2) is 30.8 Å². The van der Waals surface area contributed by atoms with E-state index in [0.29, 0.717) is 6.61 Å². The largest absolute Gasteiger partial charge is 0.481 e. The second-order valence-corrected chi connectivity index (χ2v) is 6.27. The van der Waals surface area contributed by atoms with Crippen LogP contribution in [0, 0.1) is 0 Å². The van der Waals surface area contributed by atoms with Crippen molar-refractivity contribution in [1.82, 2.24) is 10.3 Å². The number of hydrogen-bond acceptors (Lipinski definition) is 4. The third-order valence-corrected chi connectivity index (χ3v) is 4.50. The number of pyridine rings is 1. The lowest BCUT2D eigenvalue weighted by Crippen LogP contribution is -2.43.